The molecule has 0 fully saturated rings. The van der Waals surface area contributed by atoms with E-state index < -0.39 is 22.7 Å². The second-order valence-corrected chi connectivity index (χ2v) is 24.4. The quantitative estimate of drug-likeness (QED) is 0.0970. The molecule has 2 rings (SSSR count). The average molecular weight is 751 g/mol. The first-order chi connectivity index (χ1) is 25.0. The maximum absolute atomic E-state index is 11.6. The minimum absolute atomic E-state index is 0.0624. The lowest BCUT2D eigenvalue weighted by Crippen LogP contribution is -2.46. The first kappa shape index (κ1) is 46.2. The minimum atomic E-state index is -1.71. The Morgan fingerprint density at radius 2 is 0.904 bits per heavy atom. The predicted octanol–water partition coefficient (Wildman–Crippen LogP) is 13.9. The Labute approximate surface area is 322 Å². The summed E-state index contributed by atoms with van der Waals surface area (Å²) in [7, 11) is -3.43. The number of allylic oxidation sites excluding steroid dienone is 4. The molecule has 0 spiro atoms. The van der Waals surface area contributed by atoms with E-state index in [1.807, 2.05) is 24.3 Å². The molecule has 0 aliphatic heterocycles. The van der Waals surface area contributed by atoms with Gasteiger partial charge in [0.25, 0.3) is 0 Å². The van der Waals surface area contributed by atoms with Crippen LogP contribution in [0.2, 0.25) is 36.3 Å². The Kier molecular flexibility index (Phi) is 20.0. The van der Waals surface area contributed by atoms with E-state index in [0.717, 1.165) is 75.6 Å². The number of aliphatic hydroxyl groups is 1. The van der Waals surface area contributed by atoms with Crippen LogP contribution in [-0.2, 0) is 8.85 Å². The van der Waals surface area contributed by atoms with Gasteiger partial charge in [-0.3, -0.25) is 0 Å². The van der Waals surface area contributed by atoms with Crippen LogP contribution in [0.4, 0.5) is 0 Å². The molecule has 5 nitrogen and oxygen atoms in total. The lowest BCUT2D eigenvalue weighted by atomic mass is 9.91. The number of hydrogen-bond donors (Lipinski definition) is 1. The Balaban J connectivity index is 2.29. The van der Waals surface area contributed by atoms with Crippen molar-refractivity contribution < 1.29 is 14.0 Å². The monoisotopic (exact) mass is 751 g/mol. The molecule has 7 heteroatoms. The molecule has 52 heavy (non-hydrogen) atoms. The summed E-state index contributed by atoms with van der Waals surface area (Å²) < 4.78 is 14.3. The van der Waals surface area contributed by atoms with E-state index in [9.17, 15) is 5.11 Å². The molecule has 294 valence electrons. The summed E-state index contributed by atoms with van der Waals surface area (Å²) in [6.07, 6.45) is 13.7. The van der Waals surface area contributed by atoms with Crippen LogP contribution >= 0.6 is 0 Å². The van der Waals surface area contributed by atoms with Crippen LogP contribution < -0.4 is 0 Å². The van der Waals surface area contributed by atoms with Crippen LogP contribution in [-0.4, -0.2) is 42.9 Å². The van der Waals surface area contributed by atoms with Crippen LogP contribution in [0.25, 0.3) is 11.1 Å². The minimum Gasteiger partial charge on any atom is -0.411 e. The molecule has 0 aromatic carbocycles. The third-order valence-corrected chi connectivity index (χ3v) is 22.3. The molecule has 0 amide bonds. The highest BCUT2D eigenvalue weighted by Crippen LogP contribution is 2.37. The maximum Gasteiger partial charge on any atom is 0.192 e. The summed E-state index contributed by atoms with van der Waals surface area (Å²) >= 11 is 0. The Hall–Kier alpha value is -1.91. The van der Waals surface area contributed by atoms with Crippen molar-refractivity contribution in [3.05, 3.63) is 71.3 Å². The van der Waals surface area contributed by atoms with Gasteiger partial charge in [-0.1, -0.05) is 107 Å². The Morgan fingerprint density at radius 3 is 1.17 bits per heavy atom. The highest BCUT2D eigenvalue weighted by molar-refractivity contribution is 6.74. The first-order valence-electron chi connectivity index (χ1n) is 21.4. The zero-order chi connectivity index (χ0) is 38.8. The normalized spacial score (nSPS) is 14.2. The molecule has 0 saturated heterocycles. The van der Waals surface area contributed by atoms with E-state index >= 15 is 0 Å². The highest BCUT2D eigenvalue weighted by atomic mass is 28.4. The fourth-order valence-electron chi connectivity index (χ4n) is 8.05. The molecule has 0 unspecified atom stereocenters. The van der Waals surface area contributed by atoms with E-state index in [4.69, 9.17) is 18.8 Å². The molecule has 2 aromatic heterocycles. The second kappa shape index (κ2) is 22.5. The molecule has 0 radical (unpaired) electrons. The number of nitrogens with zero attached hydrogens (tertiary/aromatic N) is 2. The maximum atomic E-state index is 11.6. The molecule has 0 aliphatic rings. The fourth-order valence-corrected chi connectivity index (χ4v) is 14.5. The van der Waals surface area contributed by atoms with Crippen molar-refractivity contribution in [2.75, 3.05) is 0 Å². The second-order valence-electron chi connectivity index (χ2n) is 15.0. The van der Waals surface area contributed by atoms with Gasteiger partial charge in [-0.2, -0.15) is 0 Å². The molecule has 0 atom stereocenters. The summed E-state index contributed by atoms with van der Waals surface area (Å²) in [4.78, 5) is 10.0. The molecule has 0 aliphatic carbocycles. The Bertz CT molecular complexity index is 1250. The molecule has 0 saturated carbocycles. The number of aliphatic hydroxyl groups excluding tert-OH is 1. The van der Waals surface area contributed by atoms with Crippen molar-refractivity contribution in [1.82, 2.24) is 9.97 Å². The van der Waals surface area contributed by atoms with Gasteiger partial charge in [0.2, 0.25) is 0 Å². The summed E-state index contributed by atoms with van der Waals surface area (Å²) in [6.45, 7) is 27.5. The van der Waals surface area contributed by atoms with Crippen molar-refractivity contribution in [2.45, 2.75) is 201 Å². The summed E-state index contributed by atoms with van der Waals surface area (Å²) in [5.41, 5.74) is 5.44. The molecular formula is C45H78N2O3Si2. The smallest absolute Gasteiger partial charge is 0.192 e. The van der Waals surface area contributed by atoms with Crippen LogP contribution in [0.1, 0.15) is 176 Å². The van der Waals surface area contributed by atoms with Crippen LogP contribution in [0.5, 0.6) is 0 Å². The predicted molar refractivity (Wildman–Crippen MR) is 231 cm³/mol. The van der Waals surface area contributed by atoms with Crippen molar-refractivity contribution >= 4 is 27.8 Å². The molecular weight excluding hydrogens is 673 g/mol. The van der Waals surface area contributed by atoms with Crippen LogP contribution in [0, 0.1) is 0 Å². The van der Waals surface area contributed by atoms with Crippen molar-refractivity contribution in [1.29, 1.82) is 0 Å². The van der Waals surface area contributed by atoms with Crippen LogP contribution in [0.15, 0.2) is 48.6 Å². The van der Waals surface area contributed by atoms with Gasteiger partial charge >= 0.3 is 0 Å². The lowest BCUT2D eigenvalue weighted by molar-refractivity contribution is 0.0394. The Morgan fingerprint density at radius 1 is 0.577 bits per heavy atom. The molecule has 0 bridgehead atoms. The van der Waals surface area contributed by atoms with E-state index in [1.54, 1.807) is 0 Å². The van der Waals surface area contributed by atoms with Crippen LogP contribution in [0.3, 0.4) is 0 Å². The fraction of sp³-hybridized carbons (Fsp3) is 0.689. The van der Waals surface area contributed by atoms with Gasteiger partial charge in [0, 0.05) is 0 Å². The largest absolute Gasteiger partial charge is 0.411 e. The standard InChI is InChI=1S/C45H78N2O3Si2/c1-13-37(29-27-35-44(15-3,16-4)49-51(19-7,20-8)21-9)39-31-25-33-41(46-39)43(48)42-34-26-32-40(47-42)38(14-2)30-28-36-45(17-5,18-6)50-52(22-10,23-11)24-12/h25-26,29-34,43,48H,13-24,27-28,35-36H2,1-12H3/b37-29+,38-30+. The third kappa shape index (κ3) is 12.0. The third-order valence-electron chi connectivity index (χ3n) is 12.8. The van der Waals surface area contributed by atoms with Gasteiger partial charge in [0.1, 0.15) is 6.10 Å². The average Bonchev–Trinajstić information content (AvgIpc) is 3.21. The van der Waals surface area contributed by atoms with Gasteiger partial charge < -0.3 is 14.0 Å². The number of pyridine rings is 2. The van der Waals surface area contributed by atoms with Crippen molar-refractivity contribution in [3.8, 4) is 0 Å². The number of hydrogen-bond acceptors (Lipinski definition) is 5. The SMILES string of the molecule is CC/C(=C\CCC(CC)(CC)O[Si](CC)(CC)CC)c1cccc(C(O)c2cccc(/C(=C/CCC(CC)(CC)O[Si](CC)(CC)CC)CC)n2)n1. The zero-order valence-corrected chi connectivity index (χ0v) is 37.7. The van der Waals surface area contributed by atoms with E-state index in [-0.39, 0.29) is 11.2 Å². The highest BCUT2D eigenvalue weighted by Gasteiger charge is 2.39. The summed E-state index contributed by atoms with van der Waals surface area (Å²) in [6, 6.07) is 19.1. The van der Waals surface area contributed by atoms with Gasteiger partial charge in [-0.15, -0.1) is 0 Å². The topological polar surface area (TPSA) is 64.5 Å². The van der Waals surface area contributed by atoms with Crippen molar-refractivity contribution in [2.24, 2.45) is 0 Å². The van der Waals surface area contributed by atoms with Gasteiger partial charge in [0.05, 0.1) is 34.0 Å². The van der Waals surface area contributed by atoms with E-state index in [0.29, 0.717) is 11.4 Å². The number of aromatic nitrogens is 2. The molecule has 1 N–H and O–H groups in total. The lowest BCUT2D eigenvalue weighted by Gasteiger charge is -2.42. The van der Waals surface area contributed by atoms with Crippen molar-refractivity contribution in [3.63, 3.8) is 0 Å². The van der Waals surface area contributed by atoms with E-state index in [2.05, 4.69) is 107 Å². The van der Waals surface area contributed by atoms with Gasteiger partial charge in [0.15, 0.2) is 16.6 Å². The summed E-state index contributed by atoms with van der Waals surface area (Å²) in [5, 5.41) is 11.6. The zero-order valence-electron chi connectivity index (χ0n) is 35.7. The summed E-state index contributed by atoms with van der Waals surface area (Å²) in [5.74, 6) is 0. The van der Waals surface area contributed by atoms with E-state index in [1.165, 1.54) is 47.4 Å². The van der Waals surface area contributed by atoms with Gasteiger partial charge in [-0.25, -0.2) is 9.97 Å². The van der Waals surface area contributed by atoms with Gasteiger partial charge in [-0.05, 0) is 136 Å². The molecule has 2 aromatic rings. The first-order valence-corrected chi connectivity index (χ1v) is 26.4. The molecule has 2 heterocycles. The number of rotatable bonds is 26.